The Morgan fingerprint density at radius 1 is 1.15 bits per heavy atom. The molecule has 26 heavy (non-hydrogen) atoms. The smallest absolute Gasteiger partial charge is 0.262 e. The molecule has 0 aliphatic rings. The molecule has 1 aromatic carbocycles. The lowest BCUT2D eigenvalue weighted by molar-refractivity contribution is 0.475. The molecule has 0 atom stereocenters. The highest BCUT2D eigenvalue weighted by molar-refractivity contribution is 7.98. The molecule has 2 heterocycles. The summed E-state index contributed by atoms with van der Waals surface area (Å²) in [4.78, 5) is 29.4. The molecule has 0 bridgehead atoms. The zero-order valence-electron chi connectivity index (χ0n) is 14.3. The van der Waals surface area contributed by atoms with Crippen LogP contribution in [0.25, 0.3) is 10.9 Å². The van der Waals surface area contributed by atoms with Crippen LogP contribution in [0.1, 0.15) is 19.7 Å². The lowest BCUT2D eigenvalue weighted by Crippen LogP contribution is -2.25. The highest BCUT2D eigenvalue weighted by Crippen LogP contribution is 2.23. The summed E-state index contributed by atoms with van der Waals surface area (Å²) in [5.74, 6) is 1.19. The van der Waals surface area contributed by atoms with Gasteiger partial charge in [0.05, 0.1) is 16.7 Å². The molecule has 0 saturated carbocycles. The Hall–Kier alpha value is -2.39. The maximum atomic E-state index is 12.9. The summed E-state index contributed by atoms with van der Waals surface area (Å²) in [5.41, 5.74) is 11.7. The lowest BCUT2D eigenvalue weighted by Gasteiger charge is -2.15. The first-order valence-electron chi connectivity index (χ1n) is 7.92. The van der Waals surface area contributed by atoms with E-state index in [0.717, 1.165) is 0 Å². The largest absolute Gasteiger partial charge is 0.368 e. The fourth-order valence-electron chi connectivity index (χ4n) is 2.46. The average molecular weight is 392 g/mol. The second-order valence-corrected chi connectivity index (χ2v) is 7.50. The van der Waals surface area contributed by atoms with Gasteiger partial charge >= 0.3 is 0 Å². The number of anilines is 2. The van der Waals surface area contributed by atoms with Gasteiger partial charge in [-0.2, -0.15) is 15.0 Å². The van der Waals surface area contributed by atoms with E-state index in [9.17, 15) is 4.79 Å². The number of hydrogen-bond acceptors (Lipinski definition) is 8. The summed E-state index contributed by atoms with van der Waals surface area (Å²) in [5, 5.41) is 1.58. The maximum absolute atomic E-state index is 12.9. The van der Waals surface area contributed by atoms with Crippen molar-refractivity contribution in [3.63, 3.8) is 0 Å². The van der Waals surface area contributed by atoms with Crippen LogP contribution in [0, 0.1) is 5.92 Å². The first-order valence-corrected chi connectivity index (χ1v) is 9.28. The van der Waals surface area contributed by atoms with E-state index in [0.29, 0.717) is 39.2 Å². The summed E-state index contributed by atoms with van der Waals surface area (Å²) in [7, 11) is 0. The van der Waals surface area contributed by atoms with Crippen molar-refractivity contribution in [3.8, 4) is 0 Å². The van der Waals surface area contributed by atoms with E-state index >= 15 is 0 Å². The zero-order valence-corrected chi connectivity index (χ0v) is 15.9. The van der Waals surface area contributed by atoms with E-state index in [1.165, 1.54) is 11.8 Å². The Bertz CT molecular complexity index is 1000. The number of fused-ring (bicyclic) bond motifs is 1. The highest BCUT2D eigenvalue weighted by atomic mass is 35.5. The fourth-order valence-corrected chi connectivity index (χ4v) is 3.50. The molecule has 0 aliphatic carbocycles. The second-order valence-electron chi connectivity index (χ2n) is 6.12. The van der Waals surface area contributed by atoms with Crippen LogP contribution in [0.2, 0.25) is 5.02 Å². The van der Waals surface area contributed by atoms with Gasteiger partial charge in [0.15, 0.2) is 5.16 Å². The van der Waals surface area contributed by atoms with Crippen molar-refractivity contribution >= 4 is 46.2 Å². The summed E-state index contributed by atoms with van der Waals surface area (Å²) < 4.78 is 1.65. The molecule has 0 fully saturated rings. The highest BCUT2D eigenvalue weighted by Gasteiger charge is 2.14. The molecular formula is C16H18ClN7OS. The zero-order chi connectivity index (χ0) is 18.8. The number of benzene rings is 1. The van der Waals surface area contributed by atoms with E-state index in [1.54, 1.807) is 22.8 Å². The van der Waals surface area contributed by atoms with Gasteiger partial charge in [-0.1, -0.05) is 37.2 Å². The minimum absolute atomic E-state index is 0.0637. The average Bonchev–Trinajstić information content (AvgIpc) is 2.55. The van der Waals surface area contributed by atoms with Gasteiger partial charge in [0.2, 0.25) is 11.9 Å². The molecule has 0 radical (unpaired) electrons. The van der Waals surface area contributed by atoms with Crippen LogP contribution in [-0.4, -0.2) is 24.5 Å². The molecule has 0 unspecified atom stereocenters. The predicted molar refractivity (Wildman–Crippen MR) is 104 cm³/mol. The predicted octanol–water partition coefficient (Wildman–Crippen LogP) is 2.35. The number of hydrogen-bond donors (Lipinski definition) is 2. The van der Waals surface area contributed by atoms with E-state index < -0.39 is 0 Å². The Morgan fingerprint density at radius 2 is 1.85 bits per heavy atom. The minimum Gasteiger partial charge on any atom is -0.368 e. The van der Waals surface area contributed by atoms with Crippen molar-refractivity contribution in [1.82, 2.24) is 24.5 Å². The first kappa shape index (κ1) is 18.4. The molecule has 136 valence electrons. The standard InChI is InChI=1S/C16H18ClN7OS/c1-8(2)6-24-13(25)10-5-9(17)3-4-11(10)20-16(24)26-7-12-21-14(18)23-15(19)22-12/h3-5,8H,6-7H2,1-2H3,(H4,18,19,21,22,23). The van der Waals surface area contributed by atoms with E-state index in [2.05, 4.69) is 19.9 Å². The van der Waals surface area contributed by atoms with Crippen molar-refractivity contribution < 1.29 is 0 Å². The van der Waals surface area contributed by atoms with Crippen LogP contribution in [0.15, 0.2) is 28.2 Å². The number of thioether (sulfide) groups is 1. The molecule has 10 heteroatoms. The third kappa shape index (κ3) is 4.05. The van der Waals surface area contributed by atoms with Gasteiger partial charge in [0, 0.05) is 11.6 Å². The third-order valence-corrected chi connectivity index (χ3v) is 4.68. The number of nitrogens with two attached hydrogens (primary N) is 2. The fraction of sp³-hybridized carbons (Fsp3) is 0.312. The van der Waals surface area contributed by atoms with E-state index in [1.807, 2.05) is 13.8 Å². The molecule has 3 aromatic rings. The van der Waals surface area contributed by atoms with Crippen molar-refractivity contribution in [1.29, 1.82) is 0 Å². The van der Waals surface area contributed by atoms with Crippen LogP contribution in [0.3, 0.4) is 0 Å². The van der Waals surface area contributed by atoms with Crippen LogP contribution >= 0.6 is 23.4 Å². The molecule has 8 nitrogen and oxygen atoms in total. The van der Waals surface area contributed by atoms with Gasteiger partial charge in [0.25, 0.3) is 5.56 Å². The van der Waals surface area contributed by atoms with E-state index in [4.69, 9.17) is 23.1 Å². The second kappa shape index (κ2) is 7.46. The Kier molecular flexibility index (Phi) is 5.28. The quantitative estimate of drug-likeness (QED) is 0.501. The Morgan fingerprint density at radius 3 is 2.50 bits per heavy atom. The van der Waals surface area contributed by atoms with Crippen LogP contribution < -0.4 is 17.0 Å². The summed E-state index contributed by atoms with van der Waals surface area (Å²) in [6.45, 7) is 4.62. The van der Waals surface area contributed by atoms with Crippen molar-refractivity contribution in [2.75, 3.05) is 11.5 Å². The van der Waals surface area contributed by atoms with Crippen LogP contribution in [0.5, 0.6) is 0 Å². The molecule has 0 amide bonds. The number of rotatable bonds is 5. The Labute approximate surface area is 159 Å². The summed E-state index contributed by atoms with van der Waals surface area (Å²) in [6.07, 6.45) is 0. The van der Waals surface area contributed by atoms with Gasteiger partial charge in [-0.15, -0.1) is 0 Å². The number of nitrogens with zero attached hydrogens (tertiary/aromatic N) is 5. The number of nitrogen functional groups attached to an aromatic ring is 2. The molecule has 3 rings (SSSR count). The number of halogens is 1. The molecule has 4 N–H and O–H groups in total. The van der Waals surface area contributed by atoms with Crippen molar-refractivity contribution in [3.05, 3.63) is 39.4 Å². The third-order valence-electron chi connectivity index (χ3n) is 3.48. The maximum Gasteiger partial charge on any atom is 0.262 e. The normalized spacial score (nSPS) is 11.4. The van der Waals surface area contributed by atoms with Gasteiger partial charge < -0.3 is 11.5 Å². The Balaban J connectivity index is 2.02. The van der Waals surface area contributed by atoms with Crippen molar-refractivity contribution in [2.45, 2.75) is 31.3 Å². The van der Waals surface area contributed by atoms with Crippen LogP contribution in [0.4, 0.5) is 11.9 Å². The molecule has 0 spiro atoms. The van der Waals surface area contributed by atoms with Gasteiger partial charge in [-0.3, -0.25) is 9.36 Å². The molecular weight excluding hydrogens is 374 g/mol. The molecule has 2 aromatic heterocycles. The van der Waals surface area contributed by atoms with Crippen molar-refractivity contribution in [2.24, 2.45) is 5.92 Å². The van der Waals surface area contributed by atoms with Gasteiger partial charge in [-0.05, 0) is 24.1 Å². The monoisotopic (exact) mass is 391 g/mol. The van der Waals surface area contributed by atoms with Gasteiger partial charge in [-0.25, -0.2) is 4.98 Å². The SMILES string of the molecule is CC(C)Cn1c(SCc2nc(N)nc(N)n2)nc2ccc(Cl)cc2c1=O. The molecule has 0 aliphatic heterocycles. The van der Waals surface area contributed by atoms with Crippen LogP contribution in [-0.2, 0) is 12.3 Å². The summed E-state index contributed by atoms with van der Waals surface area (Å²) in [6, 6.07) is 5.09. The molecule has 0 saturated heterocycles. The summed E-state index contributed by atoms with van der Waals surface area (Å²) >= 11 is 7.38. The minimum atomic E-state index is -0.122. The number of aromatic nitrogens is 5. The van der Waals surface area contributed by atoms with Gasteiger partial charge in [0.1, 0.15) is 5.82 Å². The van der Waals surface area contributed by atoms with E-state index in [-0.39, 0.29) is 23.4 Å². The lowest BCUT2D eigenvalue weighted by atomic mass is 10.2. The topological polar surface area (TPSA) is 126 Å². The first-order chi connectivity index (χ1) is 12.3.